The second-order valence-electron chi connectivity index (χ2n) is 5.51. The Hall–Kier alpha value is -2.29. The van der Waals surface area contributed by atoms with E-state index in [1.165, 1.54) is 22.3 Å². The first-order valence-electron chi connectivity index (χ1n) is 7.18. The molecule has 2 rings (SSSR count). The van der Waals surface area contributed by atoms with Gasteiger partial charge in [-0.15, -0.1) is 0 Å². The number of nitrogens with one attached hydrogen (secondary N) is 1. The molecule has 0 aliphatic rings. The zero-order valence-corrected chi connectivity index (χ0v) is 12.9. The van der Waals surface area contributed by atoms with Gasteiger partial charge in [-0.1, -0.05) is 17.7 Å². The lowest BCUT2D eigenvalue weighted by Gasteiger charge is -2.12. The zero-order chi connectivity index (χ0) is 15.4. The molecule has 0 aromatic heterocycles. The number of nitrogens with two attached hydrogens (primary N) is 1. The van der Waals surface area contributed by atoms with E-state index in [2.05, 4.69) is 38.2 Å². The Morgan fingerprint density at radius 1 is 1.05 bits per heavy atom. The van der Waals surface area contributed by atoms with E-state index in [0.717, 1.165) is 6.42 Å². The van der Waals surface area contributed by atoms with Crippen LogP contribution < -0.4 is 11.1 Å². The van der Waals surface area contributed by atoms with Crippen molar-refractivity contribution >= 4 is 11.6 Å². The molecule has 21 heavy (non-hydrogen) atoms. The lowest BCUT2D eigenvalue weighted by molar-refractivity contribution is 0.0954. The highest BCUT2D eigenvalue weighted by atomic mass is 16.1. The van der Waals surface area contributed by atoms with E-state index in [1.54, 1.807) is 24.3 Å². The second-order valence-corrected chi connectivity index (χ2v) is 5.51. The number of hydrogen-bond acceptors (Lipinski definition) is 2. The predicted octanol–water partition coefficient (Wildman–Crippen LogP) is 3.17. The third kappa shape index (κ3) is 3.85. The number of aryl methyl sites for hydroxylation is 3. The summed E-state index contributed by atoms with van der Waals surface area (Å²) in [4.78, 5) is 12.0. The minimum Gasteiger partial charge on any atom is -0.399 e. The van der Waals surface area contributed by atoms with Crippen molar-refractivity contribution in [1.29, 1.82) is 0 Å². The molecule has 0 saturated carbocycles. The number of anilines is 1. The summed E-state index contributed by atoms with van der Waals surface area (Å²) in [5, 5.41) is 2.96. The summed E-state index contributed by atoms with van der Waals surface area (Å²) in [5.74, 6) is -0.0579. The fraction of sp³-hybridized carbons (Fsp3) is 0.278. The van der Waals surface area contributed by atoms with Gasteiger partial charge in [0.15, 0.2) is 0 Å². The van der Waals surface area contributed by atoms with E-state index < -0.39 is 0 Å². The van der Waals surface area contributed by atoms with Crippen LogP contribution in [0.4, 0.5) is 5.69 Å². The quantitative estimate of drug-likeness (QED) is 0.846. The second kappa shape index (κ2) is 6.44. The standard InChI is InChI=1S/C18H22N2O/c1-12-10-13(2)17(14(3)11-12)8-9-20-18(21)15-4-6-16(19)7-5-15/h4-7,10-11H,8-9,19H2,1-3H3,(H,20,21). The molecule has 0 aliphatic carbocycles. The van der Waals surface area contributed by atoms with Crippen LogP contribution in [0.1, 0.15) is 32.6 Å². The molecule has 0 saturated heterocycles. The van der Waals surface area contributed by atoms with Crippen molar-refractivity contribution < 1.29 is 4.79 Å². The van der Waals surface area contributed by atoms with Crippen LogP contribution in [0, 0.1) is 20.8 Å². The number of benzene rings is 2. The van der Waals surface area contributed by atoms with Gasteiger partial charge >= 0.3 is 0 Å². The SMILES string of the molecule is Cc1cc(C)c(CCNC(=O)c2ccc(N)cc2)c(C)c1. The van der Waals surface area contributed by atoms with Gasteiger partial charge in [-0.25, -0.2) is 0 Å². The lowest BCUT2D eigenvalue weighted by Crippen LogP contribution is -2.26. The summed E-state index contributed by atoms with van der Waals surface area (Å²) in [6.07, 6.45) is 0.846. The Morgan fingerprint density at radius 3 is 2.19 bits per heavy atom. The fourth-order valence-corrected chi connectivity index (χ4v) is 2.64. The zero-order valence-electron chi connectivity index (χ0n) is 12.9. The van der Waals surface area contributed by atoms with Gasteiger partial charge in [0.1, 0.15) is 0 Å². The number of carbonyl (C=O) groups is 1. The summed E-state index contributed by atoms with van der Waals surface area (Å²) in [7, 11) is 0. The van der Waals surface area contributed by atoms with Crippen LogP contribution >= 0.6 is 0 Å². The molecule has 0 heterocycles. The molecule has 0 bridgehead atoms. The van der Waals surface area contributed by atoms with Crippen molar-refractivity contribution in [1.82, 2.24) is 5.32 Å². The molecular weight excluding hydrogens is 260 g/mol. The summed E-state index contributed by atoms with van der Waals surface area (Å²) >= 11 is 0. The van der Waals surface area contributed by atoms with Crippen LogP contribution in [0.3, 0.4) is 0 Å². The van der Waals surface area contributed by atoms with Crippen molar-refractivity contribution in [3.63, 3.8) is 0 Å². The number of nitrogen functional groups attached to an aromatic ring is 1. The Morgan fingerprint density at radius 2 is 1.62 bits per heavy atom. The van der Waals surface area contributed by atoms with E-state index >= 15 is 0 Å². The molecule has 0 spiro atoms. The van der Waals surface area contributed by atoms with Gasteiger partial charge in [0.2, 0.25) is 0 Å². The van der Waals surface area contributed by atoms with Crippen LogP contribution in [0.5, 0.6) is 0 Å². The van der Waals surface area contributed by atoms with E-state index in [-0.39, 0.29) is 5.91 Å². The maximum Gasteiger partial charge on any atom is 0.251 e. The highest BCUT2D eigenvalue weighted by Gasteiger charge is 2.07. The third-order valence-electron chi connectivity index (χ3n) is 3.67. The average Bonchev–Trinajstić information content (AvgIpc) is 2.42. The monoisotopic (exact) mass is 282 g/mol. The van der Waals surface area contributed by atoms with Crippen molar-refractivity contribution in [3.05, 3.63) is 64.2 Å². The van der Waals surface area contributed by atoms with Crippen LogP contribution in [-0.2, 0) is 6.42 Å². The lowest BCUT2D eigenvalue weighted by atomic mass is 9.97. The van der Waals surface area contributed by atoms with E-state index in [1.807, 2.05) is 0 Å². The molecule has 0 aliphatic heterocycles. The van der Waals surface area contributed by atoms with Gasteiger partial charge in [-0.2, -0.15) is 0 Å². The maximum absolute atomic E-state index is 12.0. The molecule has 3 nitrogen and oxygen atoms in total. The van der Waals surface area contributed by atoms with Gasteiger partial charge in [-0.3, -0.25) is 4.79 Å². The summed E-state index contributed by atoms with van der Waals surface area (Å²) in [6.45, 7) is 6.98. The van der Waals surface area contributed by atoms with Gasteiger partial charge in [0, 0.05) is 17.8 Å². The smallest absolute Gasteiger partial charge is 0.251 e. The maximum atomic E-state index is 12.0. The van der Waals surface area contributed by atoms with Crippen LogP contribution in [0.15, 0.2) is 36.4 Å². The van der Waals surface area contributed by atoms with Crippen LogP contribution in [0.25, 0.3) is 0 Å². The molecule has 0 atom stereocenters. The first-order chi connectivity index (χ1) is 9.97. The molecular formula is C18H22N2O. The fourth-order valence-electron chi connectivity index (χ4n) is 2.64. The minimum atomic E-state index is -0.0579. The highest BCUT2D eigenvalue weighted by molar-refractivity contribution is 5.94. The Balaban J connectivity index is 1.95. The van der Waals surface area contributed by atoms with Crippen molar-refractivity contribution in [2.45, 2.75) is 27.2 Å². The highest BCUT2D eigenvalue weighted by Crippen LogP contribution is 2.16. The molecule has 1 amide bonds. The largest absolute Gasteiger partial charge is 0.399 e. The number of carbonyl (C=O) groups excluding carboxylic acids is 1. The number of amides is 1. The molecule has 2 aromatic rings. The van der Waals surface area contributed by atoms with E-state index in [4.69, 9.17) is 5.73 Å². The average molecular weight is 282 g/mol. The molecule has 2 aromatic carbocycles. The molecule has 0 fully saturated rings. The molecule has 3 N–H and O–H groups in total. The van der Waals surface area contributed by atoms with Gasteiger partial charge < -0.3 is 11.1 Å². The first-order valence-corrected chi connectivity index (χ1v) is 7.18. The number of hydrogen-bond donors (Lipinski definition) is 2. The Bertz CT molecular complexity index is 622. The van der Waals surface area contributed by atoms with Crippen LogP contribution in [-0.4, -0.2) is 12.5 Å². The summed E-state index contributed by atoms with van der Waals surface area (Å²) in [6, 6.07) is 11.3. The predicted molar refractivity (Wildman–Crippen MR) is 87.5 cm³/mol. The normalized spacial score (nSPS) is 10.4. The van der Waals surface area contributed by atoms with E-state index in [9.17, 15) is 4.79 Å². The Kier molecular flexibility index (Phi) is 4.63. The Labute approximate surface area is 126 Å². The first kappa shape index (κ1) is 15.1. The minimum absolute atomic E-state index is 0.0579. The molecule has 0 unspecified atom stereocenters. The summed E-state index contributed by atoms with van der Waals surface area (Å²) < 4.78 is 0. The van der Waals surface area contributed by atoms with Gasteiger partial charge in [0.05, 0.1) is 0 Å². The third-order valence-corrected chi connectivity index (χ3v) is 3.67. The van der Waals surface area contributed by atoms with Gasteiger partial charge in [-0.05, 0) is 68.1 Å². The molecule has 3 heteroatoms. The van der Waals surface area contributed by atoms with Crippen LogP contribution in [0.2, 0.25) is 0 Å². The van der Waals surface area contributed by atoms with Gasteiger partial charge in [0.25, 0.3) is 5.91 Å². The number of rotatable bonds is 4. The van der Waals surface area contributed by atoms with E-state index in [0.29, 0.717) is 17.8 Å². The molecule has 0 radical (unpaired) electrons. The van der Waals surface area contributed by atoms with Crippen molar-refractivity contribution in [2.75, 3.05) is 12.3 Å². The topological polar surface area (TPSA) is 55.1 Å². The van der Waals surface area contributed by atoms with Crippen molar-refractivity contribution in [2.24, 2.45) is 0 Å². The summed E-state index contributed by atoms with van der Waals surface area (Å²) in [5.41, 5.74) is 12.1. The van der Waals surface area contributed by atoms with Crippen molar-refractivity contribution in [3.8, 4) is 0 Å². The molecule has 110 valence electrons.